The molecule has 0 unspecified atom stereocenters. The summed E-state index contributed by atoms with van der Waals surface area (Å²) in [5.74, 6) is 2.23. The molecule has 1 heterocycles. The van der Waals surface area contributed by atoms with Gasteiger partial charge in [0.2, 0.25) is 5.95 Å². The minimum absolute atomic E-state index is 0.369. The number of ether oxygens (including phenoxy) is 1. The van der Waals surface area contributed by atoms with Crippen LogP contribution in [0.4, 0.5) is 23.3 Å². The average molecular weight is 518 g/mol. The average Bonchev–Trinajstić information content (AvgIpc) is 3.57. The Balaban J connectivity index is 1.31. The molecule has 2 aliphatic rings. The van der Waals surface area contributed by atoms with E-state index >= 15 is 0 Å². The van der Waals surface area contributed by atoms with Gasteiger partial charge in [0, 0.05) is 17.2 Å². The lowest BCUT2D eigenvalue weighted by Crippen LogP contribution is -2.07. The van der Waals surface area contributed by atoms with Gasteiger partial charge >= 0.3 is 0 Å². The van der Waals surface area contributed by atoms with Crippen molar-refractivity contribution in [1.82, 2.24) is 9.97 Å². The maximum atomic E-state index is 5.51. The zero-order valence-electron chi connectivity index (χ0n) is 22.4. The number of hydrogen-bond acceptors (Lipinski definition) is 8. The fraction of sp³-hybridized carbons (Fsp3) is 0.226. The van der Waals surface area contributed by atoms with Crippen LogP contribution < -0.4 is 20.9 Å². The number of aryl methyl sites for hydroxylation is 2. The summed E-state index contributed by atoms with van der Waals surface area (Å²) in [6.07, 6.45) is 3.76. The first-order valence-electron chi connectivity index (χ1n) is 13.2. The number of nitrogens with zero attached hydrogens (tertiary/aromatic N) is 4. The minimum Gasteiger partial charge on any atom is -0.495 e. The van der Waals surface area contributed by atoms with Crippen molar-refractivity contribution in [3.63, 3.8) is 0 Å². The van der Waals surface area contributed by atoms with Gasteiger partial charge < -0.3 is 10.1 Å². The molecular weight excluding hydrogens is 486 g/mol. The third-order valence-electron chi connectivity index (χ3n) is 7.36. The van der Waals surface area contributed by atoms with Crippen LogP contribution in [0.5, 0.6) is 5.75 Å². The second-order valence-electron chi connectivity index (χ2n) is 9.83. The first-order chi connectivity index (χ1) is 19.1. The van der Waals surface area contributed by atoms with Crippen LogP contribution in [0.15, 0.2) is 76.9 Å². The molecule has 196 valence electrons. The third-order valence-corrected chi connectivity index (χ3v) is 7.36. The smallest absolute Gasteiger partial charge is 0.247 e. The van der Waals surface area contributed by atoms with E-state index in [1.54, 1.807) is 7.11 Å². The van der Waals surface area contributed by atoms with Crippen LogP contribution in [0.3, 0.4) is 0 Å². The predicted octanol–water partition coefficient (Wildman–Crippen LogP) is 6.37. The number of rotatable bonds is 7. The van der Waals surface area contributed by atoms with E-state index in [-0.39, 0.29) is 0 Å². The topological polar surface area (TPSA) is 95.8 Å². The molecule has 0 atom stereocenters. The summed E-state index contributed by atoms with van der Waals surface area (Å²) in [4.78, 5) is 9.35. The SMILES string of the molecule is COc1ccccc1Nc1cc(NN=C2CCc3c(C)cccc32)nc(NN=C2CCc3c(C)cccc32)n1. The lowest BCUT2D eigenvalue weighted by molar-refractivity contribution is 0.417. The lowest BCUT2D eigenvalue weighted by atomic mass is 10.0. The van der Waals surface area contributed by atoms with E-state index in [9.17, 15) is 0 Å². The summed E-state index contributed by atoms with van der Waals surface area (Å²) in [7, 11) is 1.65. The van der Waals surface area contributed by atoms with Gasteiger partial charge in [0.15, 0.2) is 5.82 Å². The lowest BCUT2D eigenvalue weighted by Gasteiger charge is -2.12. The normalized spacial score (nSPS) is 15.8. The number of fused-ring (bicyclic) bond motifs is 2. The molecule has 6 rings (SSSR count). The number of hydrogen-bond donors (Lipinski definition) is 3. The fourth-order valence-corrected chi connectivity index (χ4v) is 5.34. The molecule has 0 spiro atoms. The zero-order valence-corrected chi connectivity index (χ0v) is 22.4. The monoisotopic (exact) mass is 517 g/mol. The number of methoxy groups -OCH3 is 1. The van der Waals surface area contributed by atoms with Crippen molar-refractivity contribution in [1.29, 1.82) is 0 Å². The zero-order chi connectivity index (χ0) is 26.8. The quantitative estimate of drug-likeness (QED) is 0.247. The molecule has 0 saturated heterocycles. The van der Waals surface area contributed by atoms with E-state index in [2.05, 4.69) is 76.4 Å². The molecule has 0 amide bonds. The number of para-hydroxylation sites is 2. The number of hydrazone groups is 2. The molecule has 0 fully saturated rings. The summed E-state index contributed by atoms with van der Waals surface area (Å²) in [5.41, 5.74) is 16.8. The Kier molecular flexibility index (Phi) is 6.67. The van der Waals surface area contributed by atoms with Crippen molar-refractivity contribution < 1.29 is 4.74 Å². The van der Waals surface area contributed by atoms with Crippen LogP contribution in [0.1, 0.15) is 46.2 Å². The fourth-order valence-electron chi connectivity index (χ4n) is 5.34. The van der Waals surface area contributed by atoms with Crippen LogP contribution in [0.25, 0.3) is 0 Å². The maximum absolute atomic E-state index is 5.51. The number of aromatic nitrogens is 2. The first-order valence-corrected chi connectivity index (χ1v) is 13.2. The maximum Gasteiger partial charge on any atom is 0.247 e. The van der Waals surface area contributed by atoms with Crippen LogP contribution >= 0.6 is 0 Å². The molecular formula is C31H31N7O. The van der Waals surface area contributed by atoms with Gasteiger partial charge in [0.1, 0.15) is 11.6 Å². The largest absolute Gasteiger partial charge is 0.495 e. The van der Waals surface area contributed by atoms with Crippen molar-refractivity contribution in [3.8, 4) is 5.75 Å². The molecule has 3 aromatic carbocycles. The second-order valence-corrected chi connectivity index (χ2v) is 9.83. The first kappa shape index (κ1) is 24.6. The van der Waals surface area contributed by atoms with Gasteiger partial charge in [-0.05, 0) is 73.9 Å². The molecule has 0 saturated carbocycles. The van der Waals surface area contributed by atoms with Crippen LogP contribution in [0, 0.1) is 13.8 Å². The molecule has 0 aliphatic heterocycles. The van der Waals surface area contributed by atoms with Crippen molar-refractivity contribution in [2.75, 3.05) is 23.3 Å². The van der Waals surface area contributed by atoms with Gasteiger partial charge in [-0.2, -0.15) is 20.2 Å². The second kappa shape index (κ2) is 10.6. The Morgan fingerprint density at radius 3 is 1.97 bits per heavy atom. The van der Waals surface area contributed by atoms with E-state index in [1.807, 2.05) is 30.3 Å². The van der Waals surface area contributed by atoms with Gasteiger partial charge in [-0.15, -0.1) is 0 Å². The van der Waals surface area contributed by atoms with Crippen LogP contribution in [-0.4, -0.2) is 28.5 Å². The predicted molar refractivity (Wildman–Crippen MR) is 158 cm³/mol. The van der Waals surface area contributed by atoms with E-state index < -0.39 is 0 Å². The molecule has 0 radical (unpaired) electrons. The van der Waals surface area contributed by atoms with E-state index in [4.69, 9.17) is 14.9 Å². The van der Waals surface area contributed by atoms with Gasteiger partial charge in [0.05, 0.1) is 24.2 Å². The van der Waals surface area contributed by atoms with Crippen molar-refractivity contribution in [3.05, 3.63) is 100 Å². The number of benzene rings is 3. The van der Waals surface area contributed by atoms with E-state index in [0.717, 1.165) is 48.5 Å². The minimum atomic E-state index is 0.369. The van der Waals surface area contributed by atoms with Crippen molar-refractivity contribution in [2.45, 2.75) is 39.5 Å². The van der Waals surface area contributed by atoms with Crippen LogP contribution in [0.2, 0.25) is 0 Å². The Morgan fingerprint density at radius 1 is 0.692 bits per heavy atom. The molecule has 3 N–H and O–H groups in total. The van der Waals surface area contributed by atoms with Crippen molar-refractivity contribution in [2.24, 2.45) is 10.2 Å². The molecule has 1 aromatic heterocycles. The van der Waals surface area contributed by atoms with Crippen LogP contribution in [-0.2, 0) is 12.8 Å². The molecule has 4 aromatic rings. The Labute approximate surface area is 228 Å². The molecule has 8 nitrogen and oxygen atoms in total. The van der Waals surface area contributed by atoms with Gasteiger partial charge in [-0.1, -0.05) is 48.5 Å². The number of nitrogens with one attached hydrogen (secondary N) is 3. The van der Waals surface area contributed by atoms with Crippen molar-refractivity contribution >= 4 is 34.7 Å². The van der Waals surface area contributed by atoms with Gasteiger partial charge in [-0.25, -0.2) is 5.43 Å². The molecule has 39 heavy (non-hydrogen) atoms. The third kappa shape index (κ3) is 5.05. The summed E-state index contributed by atoms with van der Waals surface area (Å²) >= 11 is 0. The summed E-state index contributed by atoms with van der Waals surface area (Å²) in [5, 5.41) is 12.8. The highest BCUT2D eigenvalue weighted by Crippen LogP contribution is 2.29. The standard InChI is InChI=1S/C31H31N7O/c1-19-8-6-10-23-21(19)14-16-25(23)35-37-30-18-29(32-27-12-4-5-13-28(27)39-3)33-31(34-30)38-36-26-17-15-22-20(2)9-7-11-24(22)26/h4-13,18H,14-17H2,1-3H3,(H3,32,33,34,37,38). The Bertz CT molecular complexity index is 1520. The van der Waals surface area contributed by atoms with Gasteiger partial charge in [0.25, 0.3) is 0 Å². The Morgan fingerprint density at radius 2 is 1.31 bits per heavy atom. The molecule has 0 bridgehead atoms. The molecule has 8 heteroatoms. The highest BCUT2D eigenvalue weighted by molar-refractivity contribution is 6.05. The van der Waals surface area contributed by atoms with E-state index in [0.29, 0.717) is 17.6 Å². The Hall–Kier alpha value is -4.72. The highest BCUT2D eigenvalue weighted by atomic mass is 16.5. The summed E-state index contributed by atoms with van der Waals surface area (Å²) < 4.78 is 5.51. The molecule has 2 aliphatic carbocycles. The number of anilines is 4. The summed E-state index contributed by atoms with van der Waals surface area (Å²) in [6, 6.07) is 22.3. The summed E-state index contributed by atoms with van der Waals surface area (Å²) in [6.45, 7) is 4.30. The highest BCUT2D eigenvalue weighted by Gasteiger charge is 2.20. The van der Waals surface area contributed by atoms with Gasteiger partial charge in [-0.3, -0.25) is 5.43 Å². The van der Waals surface area contributed by atoms with E-state index in [1.165, 1.54) is 33.4 Å².